The fourth-order valence-electron chi connectivity index (χ4n) is 1.54. The van der Waals surface area contributed by atoms with E-state index in [0.29, 0.717) is 5.56 Å². The molecule has 0 aromatic carbocycles. The number of ether oxygens (including phenoxy) is 1. The van der Waals surface area contributed by atoms with Crippen molar-refractivity contribution in [3.63, 3.8) is 0 Å². The standard InChI is InChI=1S/C13H18N2O2/c1-15(6-7-17-10-11-2-3-11)13-5-4-12(9-16)8-14-13/h4-5,8-9,11H,2-3,6-7,10H2,1H3. The number of rotatable bonds is 7. The summed E-state index contributed by atoms with van der Waals surface area (Å²) in [6.07, 6.45) is 5.04. The maximum atomic E-state index is 10.5. The molecule has 0 saturated heterocycles. The number of aromatic nitrogens is 1. The van der Waals surface area contributed by atoms with Gasteiger partial charge in [0, 0.05) is 32.0 Å². The van der Waals surface area contributed by atoms with Crippen molar-refractivity contribution in [2.75, 3.05) is 31.7 Å². The van der Waals surface area contributed by atoms with Crippen LogP contribution in [0.15, 0.2) is 18.3 Å². The number of nitrogens with zero attached hydrogens (tertiary/aromatic N) is 2. The zero-order valence-corrected chi connectivity index (χ0v) is 10.1. The van der Waals surface area contributed by atoms with Gasteiger partial charge in [-0.3, -0.25) is 4.79 Å². The summed E-state index contributed by atoms with van der Waals surface area (Å²) in [6.45, 7) is 2.44. The molecule has 1 aliphatic rings. The molecule has 1 aromatic rings. The normalized spacial score (nSPS) is 14.6. The van der Waals surface area contributed by atoms with Gasteiger partial charge in [0.2, 0.25) is 0 Å². The first-order chi connectivity index (χ1) is 8.29. The molecule has 1 aromatic heterocycles. The minimum atomic E-state index is 0.604. The lowest BCUT2D eigenvalue weighted by Crippen LogP contribution is -2.23. The molecule has 0 amide bonds. The zero-order chi connectivity index (χ0) is 12.1. The average molecular weight is 234 g/mol. The molecule has 0 N–H and O–H groups in total. The van der Waals surface area contributed by atoms with Crippen LogP contribution in [0.2, 0.25) is 0 Å². The van der Waals surface area contributed by atoms with E-state index in [2.05, 4.69) is 4.98 Å². The van der Waals surface area contributed by atoms with Gasteiger partial charge in [-0.05, 0) is 30.9 Å². The topological polar surface area (TPSA) is 42.4 Å². The molecule has 4 heteroatoms. The van der Waals surface area contributed by atoms with Crippen LogP contribution in [0.25, 0.3) is 0 Å². The minimum absolute atomic E-state index is 0.604. The molecule has 1 aliphatic carbocycles. The van der Waals surface area contributed by atoms with E-state index in [-0.39, 0.29) is 0 Å². The third-order valence-electron chi connectivity index (χ3n) is 2.92. The zero-order valence-electron chi connectivity index (χ0n) is 10.1. The van der Waals surface area contributed by atoms with Crippen LogP contribution in [0.5, 0.6) is 0 Å². The molecular weight excluding hydrogens is 216 g/mol. The van der Waals surface area contributed by atoms with Crippen LogP contribution in [0.3, 0.4) is 0 Å². The van der Waals surface area contributed by atoms with Gasteiger partial charge < -0.3 is 9.64 Å². The highest BCUT2D eigenvalue weighted by molar-refractivity contribution is 5.74. The second-order valence-electron chi connectivity index (χ2n) is 4.51. The highest BCUT2D eigenvalue weighted by Gasteiger charge is 2.20. The lowest BCUT2D eigenvalue weighted by atomic mass is 10.3. The van der Waals surface area contributed by atoms with E-state index in [1.165, 1.54) is 12.8 Å². The monoisotopic (exact) mass is 234 g/mol. The lowest BCUT2D eigenvalue weighted by molar-refractivity contribution is 0.112. The Balaban J connectivity index is 1.72. The summed E-state index contributed by atoms with van der Waals surface area (Å²) in [5.41, 5.74) is 0.604. The number of aldehydes is 1. The van der Waals surface area contributed by atoms with Crippen molar-refractivity contribution in [1.82, 2.24) is 4.98 Å². The Bertz CT molecular complexity index is 360. The van der Waals surface area contributed by atoms with Crippen molar-refractivity contribution in [2.45, 2.75) is 12.8 Å². The van der Waals surface area contributed by atoms with Crippen molar-refractivity contribution in [3.8, 4) is 0 Å². The van der Waals surface area contributed by atoms with Gasteiger partial charge in [0.1, 0.15) is 5.82 Å². The van der Waals surface area contributed by atoms with E-state index in [1.54, 1.807) is 12.3 Å². The Hall–Kier alpha value is -1.42. The van der Waals surface area contributed by atoms with Gasteiger partial charge in [-0.15, -0.1) is 0 Å². The maximum absolute atomic E-state index is 10.5. The van der Waals surface area contributed by atoms with Crippen LogP contribution in [0.4, 0.5) is 5.82 Å². The van der Waals surface area contributed by atoms with Gasteiger partial charge in [-0.1, -0.05) is 0 Å². The number of pyridine rings is 1. The first kappa shape index (κ1) is 12.0. The summed E-state index contributed by atoms with van der Waals surface area (Å²) in [5, 5.41) is 0. The maximum Gasteiger partial charge on any atom is 0.151 e. The highest BCUT2D eigenvalue weighted by Crippen LogP contribution is 2.28. The van der Waals surface area contributed by atoms with Gasteiger partial charge in [0.25, 0.3) is 0 Å². The van der Waals surface area contributed by atoms with Crippen LogP contribution >= 0.6 is 0 Å². The summed E-state index contributed by atoms with van der Waals surface area (Å²) < 4.78 is 5.57. The molecular formula is C13H18N2O2. The highest BCUT2D eigenvalue weighted by atomic mass is 16.5. The van der Waals surface area contributed by atoms with Gasteiger partial charge in [-0.25, -0.2) is 4.98 Å². The van der Waals surface area contributed by atoms with Crippen LogP contribution in [-0.4, -0.2) is 38.1 Å². The number of carbonyl (C=O) groups is 1. The molecule has 0 unspecified atom stereocenters. The fraction of sp³-hybridized carbons (Fsp3) is 0.538. The molecule has 0 radical (unpaired) electrons. The smallest absolute Gasteiger partial charge is 0.151 e. The van der Waals surface area contributed by atoms with E-state index < -0.39 is 0 Å². The fourth-order valence-corrected chi connectivity index (χ4v) is 1.54. The Kier molecular flexibility index (Phi) is 4.09. The third-order valence-corrected chi connectivity index (χ3v) is 2.92. The molecule has 1 heterocycles. The summed E-state index contributed by atoms with van der Waals surface area (Å²) in [7, 11) is 1.98. The first-order valence-corrected chi connectivity index (χ1v) is 5.99. The van der Waals surface area contributed by atoms with Crippen LogP contribution in [0, 0.1) is 5.92 Å². The van der Waals surface area contributed by atoms with E-state index in [9.17, 15) is 4.79 Å². The predicted octanol–water partition coefficient (Wildman–Crippen LogP) is 1.76. The van der Waals surface area contributed by atoms with Crippen molar-refractivity contribution >= 4 is 12.1 Å². The second-order valence-corrected chi connectivity index (χ2v) is 4.51. The molecule has 0 spiro atoms. The summed E-state index contributed by atoms with van der Waals surface area (Å²) in [6, 6.07) is 3.63. The Morgan fingerprint density at radius 3 is 2.94 bits per heavy atom. The van der Waals surface area contributed by atoms with Crippen LogP contribution in [-0.2, 0) is 4.74 Å². The quantitative estimate of drug-likeness (QED) is 0.532. The SMILES string of the molecule is CN(CCOCC1CC1)c1ccc(C=O)cn1. The largest absolute Gasteiger partial charge is 0.379 e. The molecule has 2 rings (SSSR count). The molecule has 0 atom stereocenters. The van der Waals surface area contributed by atoms with Gasteiger partial charge in [0.15, 0.2) is 6.29 Å². The first-order valence-electron chi connectivity index (χ1n) is 5.99. The van der Waals surface area contributed by atoms with Gasteiger partial charge in [0.05, 0.1) is 6.61 Å². The molecule has 1 saturated carbocycles. The number of likely N-dealkylation sites (N-methyl/N-ethyl adjacent to an activating group) is 1. The summed E-state index contributed by atoms with van der Waals surface area (Å²) in [5.74, 6) is 1.68. The molecule has 4 nitrogen and oxygen atoms in total. The number of hydrogen-bond acceptors (Lipinski definition) is 4. The molecule has 0 aliphatic heterocycles. The Morgan fingerprint density at radius 1 is 1.53 bits per heavy atom. The molecule has 17 heavy (non-hydrogen) atoms. The van der Waals surface area contributed by atoms with Crippen LogP contribution in [0.1, 0.15) is 23.2 Å². The lowest BCUT2D eigenvalue weighted by Gasteiger charge is -2.17. The molecule has 1 fully saturated rings. The van der Waals surface area contributed by atoms with E-state index in [4.69, 9.17) is 4.74 Å². The van der Waals surface area contributed by atoms with E-state index in [1.807, 2.05) is 18.0 Å². The predicted molar refractivity (Wildman–Crippen MR) is 66.4 cm³/mol. The van der Waals surface area contributed by atoms with Crippen molar-refractivity contribution in [2.24, 2.45) is 5.92 Å². The average Bonchev–Trinajstić information content (AvgIpc) is 3.18. The Labute approximate surface area is 102 Å². The summed E-state index contributed by atoms with van der Waals surface area (Å²) in [4.78, 5) is 16.7. The molecule has 92 valence electrons. The van der Waals surface area contributed by atoms with Gasteiger partial charge >= 0.3 is 0 Å². The van der Waals surface area contributed by atoms with Crippen molar-refractivity contribution in [1.29, 1.82) is 0 Å². The summed E-state index contributed by atoms with van der Waals surface area (Å²) >= 11 is 0. The van der Waals surface area contributed by atoms with Crippen LogP contribution < -0.4 is 4.90 Å². The number of anilines is 1. The number of carbonyl (C=O) groups excluding carboxylic acids is 1. The van der Waals surface area contributed by atoms with Crippen molar-refractivity contribution < 1.29 is 9.53 Å². The van der Waals surface area contributed by atoms with E-state index in [0.717, 1.165) is 37.8 Å². The third kappa shape index (κ3) is 3.82. The molecule has 0 bridgehead atoms. The van der Waals surface area contributed by atoms with Crippen molar-refractivity contribution in [3.05, 3.63) is 23.9 Å². The number of hydrogen-bond donors (Lipinski definition) is 0. The van der Waals surface area contributed by atoms with Gasteiger partial charge in [-0.2, -0.15) is 0 Å². The minimum Gasteiger partial charge on any atom is -0.379 e. The Morgan fingerprint density at radius 2 is 2.35 bits per heavy atom. The second kappa shape index (κ2) is 5.77. The van der Waals surface area contributed by atoms with E-state index >= 15 is 0 Å².